The summed E-state index contributed by atoms with van der Waals surface area (Å²) in [5.41, 5.74) is 2.64. The van der Waals surface area contributed by atoms with Crippen LogP contribution in [0, 0.1) is 12.8 Å². The lowest BCUT2D eigenvalue weighted by Gasteiger charge is -2.29. The van der Waals surface area contributed by atoms with Crippen molar-refractivity contribution in [2.45, 2.75) is 19.3 Å². The number of aryl methyl sites for hydroxylation is 1. The van der Waals surface area contributed by atoms with Gasteiger partial charge in [0, 0.05) is 13.1 Å². The van der Waals surface area contributed by atoms with E-state index in [4.69, 9.17) is 4.74 Å². The third kappa shape index (κ3) is 2.67. The van der Waals surface area contributed by atoms with Crippen LogP contribution in [0.5, 0.6) is 0 Å². The molecule has 0 amide bonds. The molecule has 0 aromatic heterocycles. The zero-order valence-electron chi connectivity index (χ0n) is 10.4. The first-order valence-electron chi connectivity index (χ1n) is 6.06. The molecule has 0 saturated carbocycles. The highest BCUT2D eigenvalue weighted by Crippen LogP contribution is 2.28. The summed E-state index contributed by atoms with van der Waals surface area (Å²) in [5, 5.41) is 3.33. The van der Waals surface area contributed by atoms with Crippen LogP contribution in [0.15, 0.2) is 24.3 Å². The number of hydrogen-bond acceptors (Lipinski definition) is 3. The second kappa shape index (κ2) is 5.32. The molecule has 1 aliphatic heterocycles. The molecule has 2 unspecified atom stereocenters. The topological polar surface area (TPSA) is 38.3 Å². The molecule has 1 fully saturated rings. The molecule has 0 bridgehead atoms. The standard InChI is InChI=1S/C14H19NO2/c1-10-5-3-4-6-13(10)11-7-12(9-15-8-11)14(16)17-2/h3-6,11-12,15H,7-9H2,1-2H3. The summed E-state index contributed by atoms with van der Waals surface area (Å²) in [7, 11) is 1.46. The highest BCUT2D eigenvalue weighted by molar-refractivity contribution is 5.72. The number of hydrogen-bond donors (Lipinski definition) is 1. The fraction of sp³-hybridized carbons (Fsp3) is 0.500. The molecule has 1 aliphatic rings. The van der Waals surface area contributed by atoms with Crippen LogP contribution < -0.4 is 5.32 Å². The van der Waals surface area contributed by atoms with Crippen molar-refractivity contribution in [3.05, 3.63) is 35.4 Å². The highest BCUT2D eigenvalue weighted by atomic mass is 16.5. The Labute approximate surface area is 102 Å². The zero-order valence-corrected chi connectivity index (χ0v) is 10.4. The van der Waals surface area contributed by atoms with Crippen molar-refractivity contribution in [2.24, 2.45) is 5.92 Å². The highest BCUT2D eigenvalue weighted by Gasteiger charge is 2.28. The second-order valence-corrected chi connectivity index (χ2v) is 4.67. The third-order valence-electron chi connectivity index (χ3n) is 3.51. The van der Waals surface area contributed by atoms with Gasteiger partial charge in [0.2, 0.25) is 0 Å². The van der Waals surface area contributed by atoms with E-state index in [9.17, 15) is 4.79 Å². The average Bonchev–Trinajstić information content (AvgIpc) is 2.38. The van der Waals surface area contributed by atoms with Gasteiger partial charge in [0.05, 0.1) is 13.0 Å². The molecule has 0 radical (unpaired) electrons. The molecule has 1 saturated heterocycles. The number of ether oxygens (including phenoxy) is 1. The number of carbonyl (C=O) groups excluding carboxylic acids is 1. The minimum atomic E-state index is -0.101. The van der Waals surface area contributed by atoms with Crippen molar-refractivity contribution >= 4 is 5.97 Å². The van der Waals surface area contributed by atoms with Gasteiger partial charge in [0.1, 0.15) is 0 Å². The van der Waals surface area contributed by atoms with Crippen LogP contribution in [0.1, 0.15) is 23.5 Å². The lowest BCUT2D eigenvalue weighted by Crippen LogP contribution is -2.39. The van der Waals surface area contributed by atoms with E-state index in [2.05, 4.69) is 30.4 Å². The Kier molecular flexibility index (Phi) is 3.79. The van der Waals surface area contributed by atoms with Gasteiger partial charge in [-0.15, -0.1) is 0 Å². The third-order valence-corrected chi connectivity index (χ3v) is 3.51. The first kappa shape index (κ1) is 12.1. The van der Waals surface area contributed by atoms with Crippen LogP contribution in [0.3, 0.4) is 0 Å². The first-order chi connectivity index (χ1) is 8.22. The molecule has 17 heavy (non-hydrogen) atoms. The van der Waals surface area contributed by atoms with E-state index in [1.54, 1.807) is 0 Å². The summed E-state index contributed by atoms with van der Waals surface area (Å²) < 4.78 is 4.83. The van der Waals surface area contributed by atoms with Gasteiger partial charge in [-0.2, -0.15) is 0 Å². The second-order valence-electron chi connectivity index (χ2n) is 4.67. The maximum atomic E-state index is 11.6. The van der Waals surface area contributed by atoms with Gasteiger partial charge >= 0.3 is 5.97 Å². The van der Waals surface area contributed by atoms with Crippen LogP contribution in [-0.4, -0.2) is 26.2 Å². The Morgan fingerprint density at radius 1 is 1.35 bits per heavy atom. The molecule has 3 heteroatoms. The van der Waals surface area contributed by atoms with E-state index in [0.717, 1.165) is 19.5 Å². The maximum absolute atomic E-state index is 11.6. The van der Waals surface area contributed by atoms with E-state index in [0.29, 0.717) is 5.92 Å². The minimum absolute atomic E-state index is 0.0154. The first-order valence-corrected chi connectivity index (χ1v) is 6.06. The molecule has 1 heterocycles. The lowest BCUT2D eigenvalue weighted by molar-refractivity contribution is -0.146. The van der Waals surface area contributed by atoms with Crippen molar-refractivity contribution in [3.8, 4) is 0 Å². The molecule has 1 aromatic rings. The van der Waals surface area contributed by atoms with E-state index >= 15 is 0 Å². The van der Waals surface area contributed by atoms with Crippen LogP contribution in [-0.2, 0) is 9.53 Å². The van der Waals surface area contributed by atoms with Crippen LogP contribution in [0.4, 0.5) is 0 Å². The van der Waals surface area contributed by atoms with Crippen molar-refractivity contribution in [1.82, 2.24) is 5.32 Å². The molecule has 92 valence electrons. The Bertz CT molecular complexity index is 403. The summed E-state index contributed by atoms with van der Waals surface area (Å²) >= 11 is 0. The van der Waals surface area contributed by atoms with Gasteiger partial charge < -0.3 is 10.1 Å². The molecule has 0 aliphatic carbocycles. The van der Waals surface area contributed by atoms with Gasteiger partial charge in [-0.25, -0.2) is 0 Å². The number of methoxy groups -OCH3 is 1. The predicted molar refractivity (Wildman–Crippen MR) is 66.9 cm³/mol. The normalized spacial score (nSPS) is 24.4. The Morgan fingerprint density at radius 2 is 2.12 bits per heavy atom. The van der Waals surface area contributed by atoms with Gasteiger partial charge in [-0.05, 0) is 30.4 Å². The number of piperidine rings is 1. The van der Waals surface area contributed by atoms with Gasteiger partial charge in [-0.1, -0.05) is 24.3 Å². The number of nitrogens with one attached hydrogen (secondary N) is 1. The fourth-order valence-electron chi connectivity index (χ4n) is 2.57. The van der Waals surface area contributed by atoms with E-state index in [-0.39, 0.29) is 11.9 Å². The Morgan fingerprint density at radius 3 is 2.82 bits per heavy atom. The van der Waals surface area contributed by atoms with Crippen LogP contribution in [0.25, 0.3) is 0 Å². The quantitative estimate of drug-likeness (QED) is 0.792. The number of rotatable bonds is 2. The van der Waals surface area contributed by atoms with E-state index in [1.165, 1.54) is 18.2 Å². The molecular formula is C14H19NO2. The largest absolute Gasteiger partial charge is 0.469 e. The van der Waals surface area contributed by atoms with Crippen LogP contribution >= 0.6 is 0 Å². The summed E-state index contributed by atoms with van der Waals surface area (Å²) in [6.07, 6.45) is 0.879. The fourth-order valence-corrected chi connectivity index (χ4v) is 2.57. The molecule has 3 nitrogen and oxygen atoms in total. The van der Waals surface area contributed by atoms with Crippen molar-refractivity contribution in [3.63, 3.8) is 0 Å². The smallest absolute Gasteiger partial charge is 0.309 e. The van der Waals surface area contributed by atoms with Gasteiger partial charge in [0.25, 0.3) is 0 Å². The molecular weight excluding hydrogens is 214 g/mol. The molecule has 0 spiro atoms. The van der Waals surface area contributed by atoms with Gasteiger partial charge in [-0.3, -0.25) is 4.79 Å². The number of carbonyl (C=O) groups is 1. The molecule has 1 N–H and O–H groups in total. The Balaban J connectivity index is 2.12. The Hall–Kier alpha value is -1.35. The predicted octanol–water partition coefficient (Wildman–Crippen LogP) is 1.86. The van der Waals surface area contributed by atoms with E-state index < -0.39 is 0 Å². The minimum Gasteiger partial charge on any atom is -0.469 e. The van der Waals surface area contributed by atoms with Crippen molar-refractivity contribution in [1.29, 1.82) is 0 Å². The SMILES string of the molecule is COC(=O)C1CNCC(c2ccccc2C)C1. The van der Waals surface area contributed by atoms with Crippen molar-refractivity contribution < 1.29 is 9.53 Å². The lowest BCUT2D eigenvalue weighted by atomic mass is 9.84. The van der Waals surface area contributed by atoms with Crippen LogP contribution in [0.2, 0.25) is 0 Å². The monoisotopic (exact) mass is 233 g/mol. The molecule has 2 rings (SSSR count). The average molecular weight is 233 g/mol. The summed E-state index contributed by atoms with van der Waals surface area (Å²) in [6, 6.07) is 8.38. The summed E-state index contributed by atoms with van der Waals surface area (Å²) in [6.45, 7) is 3.80. The molecule has 1 aromatic carbocycles. The number of esters is 1. The maximum Gasteiger partial charge on any atom is 0.309 e. The van der Waals surface area contributed by atoms with Gasteiger partial charge in [0.15, 0.2) is 0 Å². The van der Waals surface area contributed by atoms with E-state index in [1.807, 2.05) is 6.07 Å². The number of benzene rings is 1. The zero-order chi connectivity index (χ0) is 12.3. The van der Waals surface area contributed by atoms with Crippen molar-refractivity contribution in [2.75, 3.05) is 20.2 Å². The summed E-state index contributed by atoms with van der Waals surface area (Å²) in [5.74, 6) is 0.295. The molecule has 2 atom stereocenters. The summed E-state index contributed by atoms with van der Waals surface area (Å²) in [4.78, 5) is 11.6.